The van der Waals surface area contributed by atoms with E-state index in [2.05, 4.69) is 20.2 Å². The molecule has 1 fully saturated rings. The summed E-state index contributed by atoms with van der Waals surface area (Å²) in [6.07, 6.45) is -1.82. The van der Waals surface area contributed by atoms with E-state index in [0.29, 0.717) is 6.61 Å². The first kappa shape index (κ1) is 18.4. The van der Waals surface area contributed by atoms with Gasteiger partial charge in [-0.15, -0.1) is 0 Å². The predicted octanol–water partition coefficient (Wildman–Crippen LogP) is 3.45. The summed E-state index contributed by atoms with van der Waals surface area (Å²) >= 11 is 0. The van der Waals surface area contributed by atoms with Gasteiger partial charge in [0.2, 0.25) is 0 Å². The topological polar surface area (TPSA) is 50.3 Å². The van der Waals surface area contributed by atoms with Gasteiger partial charge in [-0.05, 0) is 25.0 Å². The number of aromatic nitrogens is 2. The second-order valence-corrected chi connectivity index (χ2v) is 6.21. The number of nitrogens with one attached hydrogen (secondary N) is 1. The van der Waals surface area contributed by atoms with E-state index >= 15 is 0 Å². The number of anilines is 1. The van der Waals surface area contributed by atoms with E-state index in [-0.39, 0.29) is 11.9 Å². The number of hydrogen-bond acceptors (Lipinski definition) is 5. The Morgan fingerprint density at radius 2 is 1.85 bits per heavy atom. The quantitative estimate of drug-likeness (QED) is 0.849. The van der Waals surface area contributed by atoms with Crippen LogP contribution in [0, 0.1) is 0 Å². The molecular formula is C18H21F3N4O. The number of alkyl halides is 3. The van der Waals surface area contributed by atoms with Crippen molar-refractivity contribution in [2.24, 2.45) is 0 Å². The molecule has 26 heavy (non-hydrogen) atoms. The minimum atomic E-state index is -4.46. The molecule has 1 aliphatic rings. The minimum absolute atomic E-state index is 0.109. The van der Waals surface area contributed by atoms with Crippen LogP contribution in [0.5, 0.6) is 5.75 Å². The molecule has 1 aromatic carbocycles. The fourth-order valence-corrected chi connectivity index (χ4v) is 2.91. The van der Waals surface area contributed by atoms with Crippen molar-refractivity contribution in [2.45, 2.75) is 25.1 Å². The summed E-state index contributed by atoms with van der Waals surface area (Å²) in [6, 6.07) is 10.7. The highest BCUT2D eigenvalue weighted by Crippen LogP contribution is 2.28. The predicted molar refractivity (Wildman–Crippen MR) is 92.1 cm³/mol. The first-order valence-corrected chi connectivity index (χ1v) is 8.57. The lowest BCUT2D eigenvalue weighted by Gasteiger charge is -2.32. The van der Waals surface area contributed by atoms with Crippen molar-refractivity contribution < 1.29 is 17.9 Å². The van der Waals surface area contributed by atoms with E-state index in [9.17, 15) is 13.2 Å². The van der Waals surface area contributed by atoms with Crippen LogP contribution in [-0.4, -0.2) is 47.2 Å². The number of nitrogens with zero attached hydrogens (tertiary/aromatic N) is 3. The maximum Gasteiger partial charge on any atom is 0.433 e. The minimum Gasteiger partial charge on any atom is -0.492 e. The van der Waals surface area contributed by atoms with Crippen molar-refractivity contribution in [2.75, 3.05) is 31.6 Å². The summed E-state index contributed by atoms with van der Waals surface area (Å²) < 4.78 is 43.8. The van der Waals surface area contributed by atoms with E-state index in [1.165, 1.54) is 0 Å². The smallest absolute Gasteiger partial charge is 0.433 e. The van der Waals surface area contributed by atoms with Gasteiger partial charge in [0.05, 0.1) is 0 Å². The van der Waals surface area contributed by atoms with Crippen LogP contribution in [-0.2, 0) is 6.18 Å². The fourth-order valence-electron chi connectivity index (χ4n) is 2.91. The molecule has 0 aliphatic carbocycles. The van der Waals surface area contributed by atoms with Crippen LogP contribution in [0.4, 0.5) is 19.0 Å². The molecule has 0 spiro atoms. The van der Waals surface area contributed by atoms with E-state index in [4.69, 9.17) is 4.74 Å². The number of para-hydroxylation sites is 1. The number of rotatable bonds is 6. The second kappa shape index (κ2) is 8.35. The zero-order valence-electron chi connectivity index (χ0n) is 14.2. The molecule has 0 unspecified atom stereocenters. The number of benzene rings is 1. The van der Waals surface area contributed by atoms with Crippen molar-refractivity contribution in [3.8, 4) is 5.75 Å². The zero-order valence-corrected chi connectivity index (χ0v) is 14.2. The van der Waals surface area contributed by atoms with Gasteiger partial charge >= 0.3 is 6.18 Å². The normalized spacial score (nSPS) is 16.4. The Labute approximate surface area is 150 Å². The molecule has 0 bridgehead atoms. The van der Waals surface area contributed by atoms with E-state index < -0.39 is 11.9 Å². The van der Waals surface area contributed by atoms with Crippen molar-refractivity contribution >= 4 is 5.82 Å². The standard InChI is InChI=1S/C18H21F3N4O/c19-18(20,21)16-12-17(23-13-22-16)24-14-6-8-25(9-7-14)10-11-26-15-4-2-1-3-5-15/h1-5,12-14H,6-11H2,(H,22,23,24). The molecule has 1 aromatic heterocycles. The van der Waals surface area contributed by atoms with E-state index in [1.54, 1.807) is 0 Å². The van der Waals surface area contributed by atoms with Gasteiger partial charge in [0.15, 0.2) is 0 Å². The molecule has 0 amide bonds. The van der Waals surface area contributed by atoms with Gasteiger partial charge in [0, 0.05) is 31.7 Å². The lowest BCUT2D eigenvalue weighted by Crippen LogP contribution is -2.41. The highest BCUT2D eigenvalue weighted by Gasteiger charge is 2.33. The summed E-state index contributed by atoms with van der Waals surface area (Å²) in [4.78, 5) is 9.46. The third kappa shape index (κ3) is 5.32. The molecule has 2 aromatic rings. The Hall–Kier alpha value is -2.35. The van der Waals surface area contributed by atoms with Gasteiger partial charge in [-0.25, -0.2) is 9.97 Å². The highest BCUT2D eigenvalue weighted by atomic mass is 19.4. The second-order valence-electron chi connectivity index (χ2n) is 6.21. The van der Waals surface area contributed by atoms with Gasteiger partial charge in [0.1, 0.15) is 30.2 Å². The van der Waals surface area contributed by atoms with Crippen LogP contribution in [0.1, 0.15) is 18.5 Å². The molecule has 0 saturated carbocycles. The fraction of sp³-hybridized carbons (Fsp3) is 0.444. The molecule has 0 radical (unpaired) electrons. The number of piperidine rings is 1. The number of ether oxygens (including phenoxy) is 1. The number of hydrogen-bond donors (Lipinski definition) is 1. The van der Waals surface area contributed by atoms with Gasteiger partial charge in [-0.2, -0.15) is 13.2 Å². The molecule has 1 saturated heterocycles. The van der Waals surface area contributed by atoms with Gasteiger partial charge < -0.3 is 10.1 Å². The molecule has 8 heteroatoms. The maximum absolute atomic E-state index is 12.7. The average molecular weight is 366 g/mol. The van der Waals surface area contributed by atoms with Crippen LogP contribution >= 0.6 is 0 Å². The van der Waals surface area contributed by atoms with Crippen LogP contribution in [0.15, 0.2) is 42.7 Å². The monoisotopic (exact) mass is 366 g/mol. The lowest BCUT2D eigenvalue weighted by molar-refractivity contribution is -0.141. The van der Waals surface area contributed by atoms with Gasteiger partial charge in [-0.3, -0.25) is 4.90 Å². The van der Waals surface area contributed by atoms with E-state index in [0.717, 1.165) is 50.6 Å². The first-order chi connectivity index (χ1) is 12.5. The molecule has 5 nitrogen and oxygen atoms in total. The Kier molecular flexibility index (Phi) is 5.92. The van der Waals surface area contributed by atoms with Crippen LogP contribution < -0.4 is 10.1 Å². The van der Waals surface area contributed by atoms with Crippen molar-refractivity contribution in [1.29, 1.82) is 0 Å². The average Bonchev–Trinajstić information content (AvgIpc) is 2.64. The Bertz CT molecular complexity index is 688. The highest BCUT2D eigenvalue weighted by molar-refractivity contribution is 5.36. The van der Waals surface area contributed by atoms with Crippen molar-refractivity contribution in [3.63, 3.8) is 0 Å². The molecule has 3 rings (SSSR count). The summed E-state index contributed by atoms with van der Waals surface area (Å²) in [6.45, 7) is 3.18. The summed E-state index contributed by atoms with van der Waals surface area (Å²) in [5.74, 6) is 1.08. The van der Waals surface area contributed by atoms with Crippen LogP contribution in [0.25, 0.3) is 0 Å². The molecule has 140 valence electrons. The van der Waals surface area contributed by atoms with Crippen molar-refractivity contribution in [1.82, 2.24) is 14.9 Å². The third-order valence-corrected chi connectivity index (χ3v) is 4.32. The number of likely N-dealkylation sites (tertiary alicyclic amines) is 1. The zero-order chi connectivity index (χ0) is 18.4. The summed E-state index contributed by atoms with van der Waals surface area (Å²) in [5.41, 5.74) is -0.925. The van der Waals surface area contributed by atoms with Gasteiger partial charge in [-0.1, -0.05) is 18.2 Å². The maximum atomic E-state index is 12.7. The van der Waals surface area contributed by atoms with Crippen molar-refractivity contribution in [3.05, 3.63) is 48.4 Å². The molecule has 1 N–H and O–H groups in total. The summed E-state index contributed by atoms with van der Waals surface area (Å²) in [7, 11) is 0. The Balaban J connectivity index is 1.41. The SMILES string of the molecule is FC(F)(F)c1cc(NC2CCN(CCOc3ccccc3)CC2)ncn1. The molecule has 2 heterocycles. The Morgan fingerprint density at radius 1 is 1.12 bits per heavy atom. The first-order valence-electron chi connectivity index (χ1n) is 8.57. The third-order valence-electron chi connectivity index (χ3n) is 4.32. The Morgan fingerprint density at radius 3 is 2.54 bits per heavy atom. The van der Waals surface area contributed by atoms with Crippen LogP contribution in [0.3, 0.4) is 0 Å². The number of halogens is 3. The van der Waals surface area contributed by atoms with Gasteiger partial charge in [0.25, 0.3) is 0 Å². The molecular weight excluding hydrogens is 345 g/mol. The lowest BCUT2D eigenvalue weighted by atomic mass is 10.1. The molecule has 0 atom stereocenters. The molecule has 1 aliphatic heterocycles. The summed E-state index contributed by atoms with van der Waals surface area (Å²) in [5, 5.41) is 3.09. The van der Waals surface area contributed by atoms with E-state index in [1.807, 2.05) is 30.3 Å². The largest absolute Gasteiger partial charge is 0.492 e. The van der Waals surface area contributed by atoms with Crippen LogP contribution in [0.2, 0.25) is 0 Å².